The lowest BCUT2D eigenvalue weighted by Crippen LogP contribution is -2.23. The molecule has 0 aromatic heterocycles. The third kappa shape index (κ3) is 23.5. The Balaban J connectivity index is 3.75. The molecule has 208 valence electrons. The molecule has 2 nitrogen and oxygen atoms in total. The largest absolute Gasteiger partial charge is 0.300 e. The fourth-order valence-electron chi connectivity index (χ4n) is 5.20. The topological polar surface area (TPSA) is 34.1 Å². The Kier molecular flexibility index (Phi) is 25.9. The van der Waals surface area contributed by atoms with Crippen molar-refractivity contribution in [3.05, 3.63) is 0 Å². The van der Waals surface area contributed by atoms with E-state index in [1.807, 2.05) is 0 Å². The van der Waals surface area contributed by atoms with Gasteiger partial charge in [-0.15, -0.1) is 0 Å². The Morgan fingerprint density at radius 2 is 0.771 bits per heavy atom. The first-order valence-electron chi connectivity index (χ1n) is 16.1. The zero-order chi connectivity index (χ0) is 26.0. The van der Waals surface area contributed by atoms with Gasteiger partial charge in [-0.25, -0.2) is 0 Å². The molecule has 0 aromatic rings. The maximum absolute atomic E-state index is 12.8. The highest BCUT2D eigenvalue weighted by molar-refractivity contribution is 5.88. The van der Waals surface area contributed by atoms with Gasteiger partial charge in [0.05, 0.1) is 0 Å². The zero-order valence-corrected chi connectivity index (χ0v) is 24.6. The first kappa shape index (κ1) is 34.3. The van der Waals surface area contributed by atoms with E-state index in [1.165, 1.54) is 128 Å². The molecule has 35 heavy (non-hydrogen) atoms. The van der Waals surface area contributed by atoms with Gasteiger partial charge in [0.2, 0.25) is 0 Å². The van der Waals surface area contributed by atoms with E-state index >= 15 is 0 Å². The van der Waals surface area contributed by atoms with Gasteiger partial charge in [-0.3, -0.25) is 9.59 Å². The summed E-state index contributed by atoms with van der Waals surface area (Å²) >= 11 is 0. The molecule has 0 radical (unpaired) electrons. The monoisotopic (exact) mass is 492 g/mol. The number of ketones is 2. The van der Waals surface area contributed by atoms with Crippen molar-refractivity contribution in [3.63, 3.8) is 0 Å². The highest BCUT2D eigenvalue weighted by Crippen LogP contribution is 2.22. The van der Waals surface area contributed by atoms with Crippen LogP contribution in [0.15, 0.2) is 0 Å². The van der Waals surface area contributed by atoms with Crippen LogP contribution in [0.2, 0.25) is 0 Å². The summed E-state index contributed by atoms with van der Waals surface area (Å²) in [5, 5.41) is 0. The first-order chi connectivity index (χ1) is 17.0. The normalized spacial score (nSPS) is 12.4. The Morgan fingerprint density at radius 3 is 1.11 bits per heavy atom. The van der Waals surface area contributed by atoms with Gasteiger partial charge in [0.1, 0.15) is 11.6 Å². The smallest absolute Gasteiger partial charge is 0.136 e. The van der Waals surface area contributed by atoms with Gasteiger partial charge in [0.25, 0.3) is 0 Å². The fraction of sp³-hybridized carbons (Fsp3) is 0.939. The van der Waals surface area contributed by atoms with E-state index in [9.17, 15) is 9.59 Å². The molecule has 0 rings (SSSR count). The summed E-state index contributed by atoms with van der Waals surface area (Å²) in [7, 11) is 0. The van der Waals surface area contributed by atoms with E-state index in [1.54, 1.807) is 0 Å². The highest BCUT2D eigenvalue weighted by Gasteiger charge is 2.24. The van der Waals surface area contributed by atoms with Crippen LogP contribution in [0, 0.1) is 11.8 Å². The number of carbonyl (C=O) groups excluding carboxylic acids is 2. The molecule has 0 aromatic carbocycles. The summed E-state index contributed by atoms with van der Waals surface area (Å²) in [6, 6.07) is 0. The van der Waals surface area contributed by atoms with Crippen LogP contribution < -0.4 is 0 Å². The maximum Gasteiger partial charge on any atom is 0.136 e. The maximum atomic E-state index is 12.8. The predicted octanol–water partition coefficient (Wildman–Crippen LogP) is 11.2. The summed E-state index contributed by atoms with van der Waals surface area (Å²) in [6.45, 7) is 8.76. The van der Waals surface area contributed by atoms with Gasteiger partial charge in [0, 0.05) is 25.2 Å². The standard InChI is InChI=1S/C33H64O2/c1-5-7-9-11-13-15-17-19-21-23-25-27-31(34)29-32(30(3)4)33(35)28-26-24-22-20-18-16-14-12-10-8-6-2/h30,32H,5-29H2,1-4H3. The zero-order valence-electron chi connectivity index (χ0n) is 24.6. The summed E-state index contributed by atoms with van der Waals surface area (Å²) in [5.74, 6) is 0.866. The molecule has 0 fully saturated rings. The Hall–Kier alpha value is -0.660. The molecular weight excluding hydrogens is 428 g/mol. The van der Waals surface area contributed by atoms with Crippen LogP contribution in [0.3, 0.4) is 0 Å². The van der Waals surface area contributed by atoms with Crippen molar-refractivity contribution in [2.75, 3.05) is 0 Å². The molecule has 0 heterocycles. The minimum atomic E-state index is -0.0571. The quantitative estimate of drug-likeness (QED) is 0.102. The van der Waals surface area contributed by atoms with Crippen molar-refractivity contribution >= 4 is 11.6 Å². The molecule has 0 saturated heterocycles. The van der Waals surface area contributed by atoms with Crippen LogP contribution in [0.25, 0.3) is 0 Å². The van der Waals surface area contributed by atoms with Crippen molar-refractivity contribution in [3.8, 4) is 0 Å². The van der Waals surface area contributed by atoms with E-state index in [0.717, 1.165) is 12.8 Å². The Bertz CT molecular complexity index is 468. The van der Waals surface area contributed by atoms with Crippen molar-refractivity contribution < 1.29 is 9.59 Å². The third-order valence-electron chi connectivity index (χ3n) is 7.75. The van der Waals surface area contributed by atoms with E-state index in [0.29, 0.717) is 30.8 Å². The number of hydrogen-bond donors (Lipinski definition) is 0. The first-order valence-corrected chi connectivity index (χ1v) is 16.1. The molecule has 0 aliphatic rings. The molecule has 0 spiro atoms. The van der Waals surface area contributed by atoms with Crippen LogP contribution in [0.5, 0.6) is 0 Å². The number of rotatable bonds is 28. The van der Waals surface area contributed by atoms with Gasteiger partial charge < -0.3 is 0 Å². The van der Waals surface area contributed by atoms with Crippen molar-refractivity contribution in [1.82, 2.24) is 0 Å². The molecule has 0 saturated carbocycles. The molecule has 1 unspecified atom stereocenters. The van der Waals surface area contributed by atoms with E-state index in [2.05, 4.69) is 27.7 Å². The van der Waals surface area contributed by atoms with Crippen molar-refractivity contribution in [1.29, 1.82) is 0 Å². The second kappa shape index (κ2) is 26.4. The van der Waals surface area contributed by atoms with Crippen molar-refractivity contribution in [2.45, 2.75) is 188 Å². The Morgan fingerprint density at radius 1 is 0.457 bits per heavy atom. The number of Topliss-reactive ketones (excluding diaryl/α,β-unsaturated/α-hetero) is 2. The predicted molar refractivity (Wildman–Crippen MR) is 155 cm³/mol. The van der Waals surface area contributed by atoms with E-state index in [4.69, 9.17) is 0 Å². The summed E-state index contributed by atoms with van der Waals surface area (Å²) in [4.78, 5) is 25.3. The molecule has 0 N–H and O–H groups in total. The lowest BCUT2D eigenvalue weighted by molar-refractivity contribution is -0.129. The Labute approximate surface area is 221 Å². The molecule has 0 aliphatic heterocycles. The SMILES string of the molecule is CCCCCCCCCCCCCC(=O)CC(C(=O)CCCCCCCCCCCCC)C(C)C. The number of carbonyl (C=O) groups is 2. The van der Waals surface area contributed by atoms with Gasteiger partial charge in [-0.05, 0) is 18.8 Å². The summed E-state index contributed by atoms with van der Waals surface area (Å²) in [6.07, 6.45) is 30.6. The second-order valence-corrected chi connectivity index (χ2v) is 11.6. The summed E-state index contributed by atoms with van der Waals surface area (Å²) < 4.78 is 0. The van der Waals surface area contributed by atoms with Crippen LogP contribution in [0.4, 0.5) is 0 Å². The molecule has 0 aliphatic carbocycles. The number of unbranched alkanes of at least 4 members (excludes halogenated alkanes) is 20. The molecule has 0 amide bonds. The third-order valence-corrected chi connectivity index (χ3v) is 7.75. The van der Waals surface area contributed by atoms with Gasteiger partial charge in [-0.2, -0.15) is 0 Å². The molecular formula is C33H64O2. The van der Waals surface area contributed by atoms with Crippen LogP contribution in [-0.2, 0) is 9.59 Å². The average Bonchev–Trinajstić information content (AvgIpc) is 2.84. The lowest BCUT2D eigenvalue weighted by Gasteiger charge is -2.19. The second-order valence-electron chi connectivity index (χ2n) is 11.6. The van der Waals surface area contributed by atoms with Gasteiger partial charge >= 0.3 is 0 Å². The molecule has 0 bridgehead atoms. The van der Waals surface area contributed by atoms with Crippen LogP contribution >= 0.6 is 0 Å². The van der Waals surface area contributed by atoms with Crippen LogP contribution in [0.1, 0.15) is 188 Å². The average molecular weight is 493 g/mol. The molecule has 1 atom stereocenters. The number of hydrogen-bond acceptors (Lipinski definition) is 2. The van der Waals surface area contributed by atoms with E-state index in [-0.39, 0.29) is 11.8 Å². The molecule has 2 heteroatoms. The van der Waals surface area contributed by atoms with Gasteiger partial charge in [0.15, 0.2) is 0 Å². The lowest BCUT2D eigenvalue weighted by atomic mass is 9.84. The fourth-order valence-corrected chi connectivity index (χ4v) is 5.20. The van der Waals surface area contributed by atoms with Gasteiger partial charge in [-0.1, -0.05) is 156 Å². The van der Waals surface area contributed by atoms with Crippen molar-refractivity contribution in [2.24, 2.45) is 11.8 Å². The highest BCUT2D eigenvalue weighted by atomic mass is 16.1. The van der Waals surface area contributed by atoms with E-state index < -0.39 is 0 Å². The minimum absolute atomic E-state index is 0.0571. The summed E-state index contributed by atoms with van der Waals surface area (Å²) in [5.41, 5.74) is 0. The minimum Gasteiger partial charge on any atom is -0.300 e. The van der Waals surface area contributed by atoms with Crippen LogP contribution in [-0.4, -0.2) is 11.6 Å².